The van der Waals surface area contributed by atoms with Crippen LogP contribution in [-0.2, 0) is 14.8 Å². The topological polar surface area (TPSA) is 99.7 Å². The average Bonchev–Trinajstić information content (AvgIpc) is 3.18. The second kappa shape index (κ2) is 7.30. The third-order valence-corrected chi connectivity index (χ3v) is 6.73. The van der Waals surface area contributed by atoms with Crippen LogP contribution in [0.25, 0.3) is 0 Å². The smallest absolute Gasteiger partial charge is 0.300 e. The van der Waals surface area contributed by atoms with Crippen molar-refractivity contribution in [2.24, 2.45) is 0 Å². The summed E-state index contributed by atoms with van der Waals surface area (Å²) in [7, 11) is -4.12. The minimum Gasteiger partial charge on any atom is -0.300 e. The maximum absolute atomic E-state index is 13.2. The lowest BCUT2D eigenvalue weighted by atomic mass is 10.2. The van der Waals surface area contributed by atoms with E-state index in [0.29, 0.717) is 5.13 Å². The monoisotopic (exact) mass is 428 g/mol. The molecule has 1 aliphatic heterocycles. The predicted molar refractivity (Wildman–Crippen MR) is 111 cm³/mol. The number of anilines is 3. The molecule has 1 aliphatic rings. The van der Waals surface area contributed by atoms with Crippen LogP contribution in [0, 0.1) is 6.92 Å². The Hall–Kier alpha value is -3.24. The summed E-state index contributed by atoms with van der Waals surface area (Å²) in [4.78, 5) is 30.8. The molecule has 4 rings (SSSR count). The van der Waals surface area contributed by atoms with Crippen LogP contribution in [0.2, 0.25) is 0 Å². The van der Waals surface area contributed by atoms with Gasteiger partial charge < -0.3 is 5.32 Å². The van der Waals surface area contributed by atoms with Gasteiger partial charge in [-0.25, -0.2) is 18.2 Å². The molecule has 148 valence electrons. The van der Waals surface area contributed by atoms with E-state index in [2.05, 4.69) is 10.3 Å². The van der Waals surface area contributed by atoms with Crippen molar-refractivity contribution < 1.29 is 18.0 Å². The Labute approximate surface area is 171 Å². The molecule has 8 nitrogen and oxygen atoms in total. The summed E-state index contributed by atoms with van der Waals surface area (Å²) in [6, 6.07) is 11.9. The number of thiazole rings is 1. The Bertz CT molecular complexity index is 1190. The summed E-state index contributed by atoms with van der Waals surface area (Å²) in [6.07, 6.45) is 1.55. The first kappa shape index (κ1) is 19.1. The van der Waals surface area contributed by atoms with Crippen molar-refractivity contribution in [1.29, 1.82) is 0 Å². The highest BCUT2D eigenvalue weighted by molar-refractivity contribution is 7.94. The van der Waals surface area contributed by atoms with Gasteiger partial charge in [0.25, 0.3) is 10.0 Å². The van der Waals surface area contributed by atoms with E-state index in [1.807, 2.05) is 0 Å². The molecule has 0 aliphatic carbocycles. The van der Waals surface area contributed by atoms with Gasteiger partial charge in [0, 0.05) is 11.6 Å². The van der Waals surface area contributed by atoms with E-state index in [0.717, 1.165) is 14.8 Å². The summed E-state index contributed by atoms with van der Waals surface area (Å²) in [5, 5.41) is 4.72. The SMILES string of the molecule is Cc1cccc(N2C(=O)N(CC(=O)Nc3nccs3)c3ccccc3S2(=O)=O)c1. The largest absolute Gasteiger partial charge is 0.343 e. The first-order valence-electron chi connectivity index (χ1n) is 8.60. The van der Waals surface area contributed by atoms with Crippen molar-refractivity contribution >= 4 is 49.8 Å². The van der Waals surface area contributed by atoms with Crippen LogP contribution in [0.5, 0.6) is 0 Å². The number of hydrogen-bond acceptors (Lipinski definition) is 6. The number of nitrogens with zero attached hydrogens (tertiary/aromatic N) is 3. The van der Waals surface area contributed by atoms with Crippen LogP contribution < -0.4 is 14.5 Å². The average molecular weight is 428 g/mol. The number of hydrogen-bond donors (Lipinski definition) is 1. The van der Waals surface area contributed by atoms with Gasteiger partial charge in [0.15, 0.2) is 5.13 Å². The zero-order valence-electron chi connectivity index (χ0n) is 15.3. The van der Waals surface area contributed by atoms with Crippen molar-refractivity contribution in [1.82, 2.24) is 4.98 Å². The van der Waals surface area contributed by atoms with E-state index in [-0.39, 0.29) is 22.8 Å². The summed E-state index contributed by atoms with van der Waals surface area (Å²) in [5.41, 5.74) is 1.18. The fourth-order valence-corrected chi connectivity index (χ4v) is 5.19. The highest BCUT2D eigenvalue weighted by Crippen LogP contribution is 2.37. The Balaban J connectivity index is 1.76. The number of aryl methyl sites for hydroxylation is 1. The molecule has 1 N–H and O–H groups in total. The van der Waals surface area contributed by atoms with Crippen LogP contribution in [0.3, 0.4) is 0 Å². The van der Waals surface area contributed by atoms with Crippen LogP contribution in [0.1, 0.15) is 5.56 Å². The van der Waals surface area contributed by atoms with Gasteiger partial charge in [0.05, 0.1) is 11.4 Å². The minimum absolute atomic E-state index is 0.0387. The maximum Gasteiger partial charge on any atom is 0.343 e. The number of benzene rings is 2. The molecule has 1 aromatic heterocycles. The van der Waals surface area contributed by atoms with E-state index in [1.54, 1.807) is 54.9 Å². The fraction of sp³-hybridized carbons (Fsp3) is 0.105. The number of nitrogens with one attached hydrogen (secondary N) is 1. The van der Waals surface area contributed by atoms with Crippen LogP contribution in [0.4, 0.5) is 21.3 Å². The van der Waals surface area contributed by atoms with E-state index in [4.69, 9.17) is 0 Å². The van der Waals surface area contributed by atoms with Gasteiger partial charge in [0.2, 0.25) is 5.91 Å². The number of fused-ring (bicyclic) bond motifs is 1. The molecule has 0 fully saturated rings. The third kappa shape index (κ3) is 3.47. The molecule has 10 heteroatoms. The van der Waals surface area contributed by atoms with Gasteiger partial charge in [0.1, 0.15) is 11.4 Å². The maximum atomic E-state index is 13.2. The number of urea groups is 1. The molecule has 0 unspecified atom stereocenters. The van der Waals surface area contributed by atoms with Gasteiger partial charge in [-0.05, 0) is 36.8 Å². The quantitative estimate of drug-likeness (QED) is 0.688. The summed E-state index contributed by atoms with van der Waals surface area (Å²) in [5.74, 6) is -0.480. The second-order valence-electron chi connectivity index (χ2n) is 6.33. The molecule has 0 atom stereocenters. The van der Waals surface area contributed by atoms with Crippen molar-refractivity contribution in [2.75, 3.05) is 21.1 Å². The summed E-state index contributed by atoms with van der Waals surface area (Å²) >= 11 is 1.25. The van der Waals surface area contributed by atoms with Crippen molar-refractivity contribution in [3.63, 3.8) is 0 Å². The summed E-state index contributed by atoms with van der Waals surface area (Å²) < 4.78 is 27.1. The lowest BCUT2D eigenvalue weighted by Gasteiger charge is -2.35. The number of carbonyl (C=O) groups excluding carboxylic acids is 2. The normalized spacial score (nSPS) is 15.1. The number of carbonyl (C=O) groups is 2. The van der Waals surface area contributed by atoms with Gasteiger partial charge in [-0.15, -0.1) is 11.3 Å². The van der Waals surface area contributed by atoms with Crippen LogP contribution >= 0.6 is 11.3 Å². The van der Waals surface area contributed by atoms with E-state index in [1.165, 1.54) is 23.5 Å². The van der Waals surface area contributed by atoms with Gasteiger partial charge in [-0.1, -0.05) is 24.3 Å². The van der Waals surface area contributed by atoms with Crippen LogP contribution in [0.15, 0.2) is 65.0 Å². The Kier molecular flexibility index (Phi) is 4.81. The second-order valence-corrected chi connectivity index (χ2v) is 8.98. The highest BCUT2D eigenvalue weighted by atomic mass is 32.2. The molecule has 29 heavy (non-hydrogen) atoms. The van der Waals surface area contributed by atoms with Gasteiger partial charge in [-0.3, -0.25) is 9.69 Å². The fourth-order valence-electron chi connectivity index (χ4n) is 3.06. The molecule has 0 saturated heterocycles. The van der Waals surface area contributed by atoms with E-state index < -0.39 is 22.0 Å². The molecule has 0 saturated carbocycles. The zero-order chi connectivity index (χ0) is 20.6. The van der Waals surface area contributed by atoms with Crippen molar-refractivity contribution in [3.05, 3.63) is 65.7 Å². The van der Waals surface area contributed by atoms with Gasteiger partial charge >= 0.3 is 6.03 Å². The number of sulfonamides is 1. The van der Waals surface area contributed by atoms with Crippen molar-refractivity contribution in [2.45, 2.75) is 11.8 Å². The zero-order valence-corrected chi connectivity index (χ0v) is 16.9. The molecule has 0 spiro atoms. The third-order valence-electron chi connectivity index (χ3n) is 4.30. The van der Waals surface area contributed by atoms with E-state index >= 15 is 0 Å². The number of amides is 3. The molecule has 0 radical (unpaired) electrons. The number of para-hydroxylation sites is 1. The first-order valence-corrected chi connectivity index (χ1v) is 10.9. The molecule has 2 aromatic carbocycles. The highest BCUT2D eigenvalue weighted by Gasteiger charge is 2.43. The lowest BCUT2D eigenvalue weighted by molar-refractivity contribution is -0.114. The molecular formula is C19H16N4O4S2. The standard InChI is InChI=1S/C19H16N4O4S2/c1-13-5-4-6-14(11-13)23-19(25)22(12-17(24)21-18-20-9-10-28-18)15-7-2-3-8-16(15)29(23,26)27/h2-11H,12H2,1H3,(H,20,21,24). The minimum atomic E-state index is -4.12. The lowest BCUT2D eigenvalue weighted by Crippen LogP contribution is -2.53. The summed E-state index contributed by atoms with van der Waals surface area (Å²) in [6.45, 7) is 1.45. The van der Waals surface area contributed by atoms with Crippen molar-refractivity contribution in [3.8, 4) is 0 Å². The first-order chi connectivity index (χ1) is 13.9. The van der Waals surface area contributed by atoms with Crippen LogP contribution in [-0.4, -0.2) is 31.9 Å². The molecule has 0 bridgehead atoms. The van der Waals surface area contributed by atoms with E-state index in [9.17, 15) is 18.0 Å². The number of aromatic nitrogens is 1. The molecule has 2 heterocycles. The molecule has 3 aromatic rings. The number of rotatable bonds is 4. The Morgan fingerprint density at radius 3 is 2.69 bits per heavy atom. The molecule has 3 amide bonds. The molecular weight excluding hydrogens is 412 g/mol. The predicted octanol–water partition coefficient (Wildman–Crippen LogP) is 3.23. The Morgan fingerprint density at radius 2 is 1.97 bits per heavy atom. The Morgan fingerprint density at radius 1 is 1.17 bits per heavy atom. The van der Waals surface area contributed by atoms with Gasteiger partial charge in [-0.2, -0.15) is 4.31 Å².